The van der Waals surface area contributed by atoms with Crippen molar-refractivity contribution >= 4 is 22.5 Å². The zero-order valence-corrected chi connectivity index (χ0v) is 14.1. The van der Waals surface area contributed by atoms with Gasteiger partial charge in [-0.1, -0.05) is 0 Å². The standard InChI is InChI=1S/C16H22FN3O2S/c1-23(22)15-5-4-12(10-14(15)17)18-16(21)20-9-6-13(11-20)19-7-2-3-8-19/h4-5,10,13H,2-3,6-9,11H2,1H3,(H,18,21)/t13-,23-/m1/s1. The molecule has 1 N–H and O–H groups in total. The van der Waals surface area contributed by atoms with Crippen LogP contribution in [0.25, 0.3) is 0 Å². The Morgan fingerprint density at radius 1 is 1.30 bits per heavy atom. The maximum Gasteiger partial charge on any atom is 0.321 e. The van der Waals surface area contributed by atoms with Crippen LogP contribution in [0.1, 0.15) is 19.3 Å². The molecule has 126 valence electrons. The summed E-state index contributed by atoms with van der Waals surface area (Å²) in [4.78, 5) is 16.7. The van der Waals surface area contributed by atoms with Crippen LogP contribution in [-0.2, 0) is 10.8 Å². The lowest BCUT2D eigenvalue weighted by Crippen LogP contribution is -2.38. The van der Waals surface area contributed by atoms with E-state index < -0.39 is 16.6 Å². The van der Waals surface area contributed by atoms with Gasteiger partial charge in [0.2, 0.25) is 0 Å². The summed E-state index contributed by atoms with van der Waals surface area (Å²) < 4.78 is 25.2. The van der Waals surface area contributed by atoms with E-state index in [1.807, 2.05) is 0 Å². The number of hydrogen-bond acceptors (Lipinski definition) is 3. The molecule has 2 saturated heterocycles. The van der Waals surface area contributed by atoms with Crippen LogP contribution in [0.2, 0.25) is 0 Å². The highest BCUT2D eigenvalue weighted by molar-refractivity contribution is 7.84. The molecule has 2 fully saturated rings. The molecule has 1 aromatic rings. The molecule has 2 heterocycles. The maximum atomic E-state index is 13.8. The summed E-state index contributed by atoms with van der Waals surface area (Å²) in [5.74, 6) is -0.556. The van der Waals surface area contributed by atoms with E-state index in [0.717, 1.165) is 32.6 Å². The second kappa shape index (κ2) is 6.97. The van der Waals surface area contributed by atoms with Crippen LogP contribution in [-0.4, -0.2) is 58.5 Å². The van der Waals surface area contributed by atoms with Gasteiger partial charge in [-0.2, -0.15) is 0 Å². The Labute approximate surface area is 138 Å². The van der Waals surface area contributed by atoms with Crippen molar-refractivity contribution in [2.75, 3.05) is 37.8 Å². The van der Waals surface area contributed by atoms with Crippen molar-refractivity contribution in [2.45, 2.75) is 30.2 Å². The average molecular weight is 339 g/mol. The van der Waals surface area contributed by atoms with Crippen LogP contribution in [0.5, 0.6) is 0 Å². The highest BCUT2D eigenvalue weighted by Gasteiger charge is 2.31. The van der Waals surface area contributed by atoms with E-state index >= 15 is 0 Å². The van der Waals surface area contributed by atoms with Crippen molar-refractivity contribution in [3.05, 3.63) is 24.0 Å². The summed E-state index contributed by atoms with van der Waals surface area (Å²) in [5, 5.41) is 2.73. The Morgan fingerprint density at radius 2 is 2.04 bits per heavy atom. The molecular weight excluding hydrogens is 317 g/mol. The summed E-state index contributed by atoms with van der Waals surface area (Å²) in [7, 11) is -1.37. The van der Waals surface area contributed by atoms with Gasteiger partial charge in [0.1, 0.15) is 5.82 Å². The minimum atomic E-state index is -1.37. The van der Waals surface area contributed by atoms with Gasteiger partial charge in [0.05, 0.1) is 15.7 Å². The first-order valence-corrected chi connectivity index (χ1v) is 9.53. The van der Waals surface area contributed by atoms with Crippen LogP contribution in [0.3, 0.4) is 0 Å². The highest BCUT2D eigenvalue weighted by Crippen LogP contribution is 2.22. The molecule has 2 amide bonds. The fourth-order valence-corrected chi connectivity index (χ4v) is 3.94. The molecule has 0 spiro atoms. The number of rotatable bonds is 3. The van der Waals surface area contributed by atoms with Gasteiger partial charge in [0.25, 0.3) is 0 Å². The van der Waals surface area contributed by atoms with Gasteiger partial charge < -0.3 is 10.2 Å². The van der Waals surface area contributed by atoms with Crippen molar-refractivity contribution < 1.29 is 13.4 Å². The Bertz CT molecular complexity index is 619. The highest BCUT2D eigenvalue weighted by atomic mass is 32.2. The smallest absolute Gasteiger partial charge is 0.321 e. The van der Waals surface area contributed by atoms with Crippen molar-refractivity contribution in [1.29, 1.82) is 0 Å². The quantitative estimate of drug-likeness (QED) is 0.919. The molecule has 3 rings (SSSR count). The summed E-state index contributed by atoms with van der Waals surface area (Å²) in [6.07, 6.45) is 4.91. The first kappa shape index (κ1) is 16.4. The zero-order valence-electron chi connectivity index (χ0n) is 13.3. The number of amides is 2. The van der Waals surface area contributed by atoms with Crippen LogP contribution in [0.15, 0.2) is 23.1 Å². The summed E-state index contributed by atoms with van der Waals surface area (Å²) >= 11 is 0. The monoisotopic (exact) mass is 339 g/mol. The molecule has 1 aromatic carbocycles. The summed E-state index contributed by atoms with van der Waals surface area (Å²) in [5.41, 5.74) is 0.395. The van der Waals surface area contributed by atoms with Gasteiger partial charge in [-0.15, -0.1) is 0 Å². The van der Waals surface area contributed by atoms with Crippen molar-refractivity contribution in [2.24, 2.45) is 0 Å². The SMILES string of the molecule is C[S@@](=O)c1ccc(NC(=O)N2CC[C@@H](N3CCCC3)C2)cc1F. The lowest BCUT2D eigenvalue weighted by atomic mass is 10.2. The van der Waals surface area contributed by atoms with Gasteiger partial charge in [-0.05, 0) is 50.6 Å². The average Bonchev–Trinajstić information content (AvgIpc) is 3.18. The maximum absolute atomic E-state index is 13.8. The molecular formula is C16H22FN3O2S. The Morgan fingerprint density at radius 3 is 2.70 bits per heavy atom. The summed E-state index contributed by atoms with van der Waals surface area (Å²) in [6.45, 7) is 3.71. The second-order valence-corrected chi connectivity index (χ2v) is 7.51. The van der Waals surface area contributed by atoms with E-state index in [9.17, 15) is 13.4 Å². The third-order valence-corrected chi connectivity index (χ3v) is 5.55. The molecule has 0 unspecified atom stereocenters. The molecule has 0 bridgehead atoms. The number of nitrogens with zero attached hydrogens (tertiary/aromatic N) is 2. The predicted octanol–water partition coefficient (Wildman–Crippen LogP) is 2.27. The number of benzene rings is 1. The van der Waals surface area contributed by atoms with E-state index in [-0.39, 0.29) is 10.9 Å². The second-order valence-electron chi connectivity index (χ2n) is 6.16. The molecule has 2 atom stereocenters. The van der Waals surface area contributed by atoms with Gasteiger partial charge in [0, 0.05) is 31.1 Å². The lowest BCUT2D eigenvalue weighted by molar-refractivity contribution is 0.210. The Hall–Kier alpha value is -1.47. The van der Waals surface area contributed by atoms with Crippen LogP contribution in [0, 0.1) is 5.82 Å². The van der Waals surface area contributed by atoms with Gasteiger partial charge in [-0.3, -0.25) is 9.11 Å². The van der Waals surface area contributed by atoms with Gasteiger partial charge in [-0.25, -0.2) is 9.18 Å². The fraction of sp³-hybridized carbons (Fsp3) is 0.562. The zero-order chi connectivity index (χ0) is 16.4. The molecule has 2 aliphatic heterocycles. The van der Waals surface area contributed by atoms with Crippen LogP contribution in [0.4, 0.5) is 14.9 Å². The van der Waals surface area contributed by atoms with E-state index in [1.54, 1.807) is 11.0 Å². The predicted molar refractivity (Wildman–Crippen MR) is 88.5 cm³/mol. The Kier molecular flexibility index (Phi) is 4.96. The van der Waals surface area contributed by atoms with Crippen molar-refractivity contribution in [3.8, 4) is 0 Å². The molecule has 0 aromatic heterocycles. The normalized spacial score (nSPS) is 23.2. The Balaban J connectivity index is 1.59. The van der Waals surface area contributed by atoms with Crippen LogP contribution >= 0.6 is 0 Å². The molecule has 0 saturated carbocycles. The largest absolute Gasteiger partial charge is 0.323 e. The third-order valence-electron chi connectivity index (χ3n) is 4.60. The number of urea groups is 1. The molecule has 5 nitrogen and oxygen atoms in total. The number of halogens is 1. The molecule has 0 aliphatic carbocycles. The number of carbonyl (C=O) groups is 1. The van der Waals surface area contributed by atoms with E-state index in [4.69, 9.17) is 0 Å². The third kappa shape index (κ3) is 3.72. The fourth-order valence-electron chi connectivity index (χ4n) is 3.35. The van der Waals surface area contributed by atoms with E-state index in [0.29, 0.717) is 11.7 Å². The molecule has 7 heteroatoms. The minimum absolute atomic E-state index is 0.151. The topological polar surface area (TPSA) is 52.7 Å². The number of nitrogens with one attached hydrogen (secondary N) is 1. The van der Waals surface area contributed by atoms with Gasteiger partial charge in [0.15, 0.2) is 0 Å². The lowest BCUT2D eigenvalue weighted by Gasteiger charge is -2.23. The minimum Gasteiger partial charge on any atom is -0.323 e. The van der Waals surface area contributed by atoms with E-state index in [2.05, 4.69) is 10.2 Å². The number of carbonyl (C=O) groups excluding carboxylic acids is 1. The van der Waals surface area contributed by atoms with Crippen LogP contribution < -0.4 is 5.32 Å². The van der Waals surface area contributed by atoms with Crippen molar-refractivity contribution in [3.63, 3.8) is 0 Å². The number of likely N-dealkylation sites (tertiary alicyclic amines) is 2. The van der Waals surface area contributed by atoms with Crippen molar-refractivity contribution in [1.82, 2.24) is 9.80 Å². The van der Waals surface area contributed by atoms with Gasteiger partial charge >= 0.3 is 6.03 Å². The van der Waals surface area contributed by atoms with E-state index in [1.165, 1.54) is 31.2 Å². The first-order chi connectivity index (χ1) is 11.0. The first-order valence-electron chi connectivity index (χ1n) is 7.97. The summed E-state index contributed by atoms with van der Waals surface area (Å²) in [6, 6.07) is 4.52. The molecule has 2 aliphatic rings. The number of anilines is 1. The molecule has 0 radical (unpaired) electrons. The number of hydrogen-bond donors (Lipinski definition) is 1. The molecule has 23 heavy (non-hydrogen) atoms.